The highest BCUT2D eigenvalue weighted by molar-refractivity contribution is 9.11. The quantitative estimate of drug-likeness (QED) is 0.497. The zero-order valence-electron chi connectivity index (χ0n) is 12.8. The molecule has 5 heteroatoms. The van der Waals surface area contributed by atoms with Gasteiger partial charge >= 0.3 is 0 Å². The summed E-state index contributed by atoms with van der Waals surface area (Å²) in [6, 6.07) is 10.4. The van der Waals surface area contributed by atoms with Crippen LogP contribution in [0.1, 0.15) is 25.0 Å². The van der Waals surface area contributed by atoms with Crippen LogP contribution in [0.15, 0.2) is 43.7 Å². The van der Waals surface area contributed by atoms with Crippen molar-refractivity contribution in [2.45, 2.75) is 19.3 Å². The molecule has 0 N–H and O–H groups in total. The third-order valence-electron chi connectivity index (χ3n) is 3.80. The lowest BCUT2D eigenvalue weighted by molar-refractivity contribution is 0.409. The van der Waals surface area contributed by atoms with E-state index in [9.17, 15) is 0 Å². The van der Waals surface area contributed by atoms with Crippen molar-refractivity contribution in [3.63, 3.8) is 0 Å². The fourth-order valence-electron chi connectivity index (χ4n) is 2.34. The molecule has 0 aliphatic heterocycles. The number of halogens is 3. The largest absolute Gasteiger partial charge is 0.496 e. The smallest absolute Gasteiger partial charge is 0.147 e. The predicted molar refractivity (Wildman–Crippen MR) is 101 cm³/mol. The highest BCUT2D eigenvalue weighted by atomic mass is 79.9. The molecule has 0 heterocycles. The molecule has 0 amide bonds. The highest BCUT2D eigenvalue weighted by Gasteiger charge is 2.26. The van der Waals surface area contributed by atoms with Crippen LogP contribution in [0, 0.1) is 0 Å². The first-order chi connectivity index (χ1) is 10.3. The number of rotatable bonds is 4. The van der Waals surface area contributed by atoms with E-state index in [1.807, 2.05) is 6.07 Å². The van der Waals surface area contributed by atoms with E-state index in [1.54, 1.807) is 14.2 Å². The summed E-state index contributed by atoms with van der Waals surface area (Å²) in [6.45, 7) is 4.39. The van der Waals surface area contributed by atoms with Crippen LogP contribution in [0.3, 0.4) is 0 Å². The van der Waals surface area contributed by atoms with Crippen LogP contribution < -0.4 is 9.47 Å². The van der Waals surface area contributed by atoms with E-state index < -0.39 is 0 Å². The molecule has 118 valence electrons. The van der Waals surface area contributed by atoms with Crippen molar-refractivity contribution < 1.29 is 9.47 Å². The molecule has 0 aliphatic carbocycles. The predicted octanol–water partition coefficient (Wildman–Crippen LogP) is 6.32. The Bertz CT molecular complexity index is 673. The molecule has 2 rings (SSSR count). The van der Waals surface area contributed by atoms with Crippen LogP contribution in [-0.4, -0.2) is 14.2 Å². The third-order valence-corrected chi connectivity index (χ3v) is 5.60. The van der Waals surface area contributed by atoms with Gasteiger partial charge in [-0.3, -0.25) is 0 Å². The Hall–Kier alpha value is -0.520. The topological polar surface area (TPSA) is 18.5 Å². The molecule has 2 aromatic rings. The highest BCUT2D eigenvalue weighted by Crippen LogP contribution is 2.41. The van der Waals surface area contributed by atoms with Crippen molar-refractivity contribution in [1.29, 1.82) is 0 Å². The lowest BCUT2D eigenvalue weighted by Crippen LogP contribution is -2.19. The SMILES string of the molecule is COc1ccc(C(C)(C)c2cc(Br)c(OC)c(Br)c2)cc1Br. The standard InChI is InChI=1S/C17H17Br3O2/c1-17(2,10-5-6-15(21-3)12(18)7-10)11-8-13(19)16(22-4)14(20)9-11/h5-9H,1-4H3. The zero-order chi connectivity index (χ0) is 16.5. The van der Waals surface area contributed by atoms with Crippen molar-refractivity contribution >= 4 is 47.8 Å². The summed E-state index contributed by atoms with van der Waals surface area (Å²) < 4.78 is 13.5. The van der Waals surface area contributed by atoms with Crippen molar-refractivity contribution in [1.82, 2.24) is 0 Å². The lowest BCUT2D eigenvalue weighted by atomic mass is 9.78. The summed E-state index contributed by atoms with van der Waals surface area (Å²) >= 11 is 10.7. The first-order valence-electron chi connectivity index (χ1n) is 6.68. The van der Waals surface area contributed by atoms with Gasteiger partial charge in [-0.1, -0.05) is 19.9 Å². The van der Waals surface area contributed by atoms with Gasteiger partial charge in [-0.05, 0) is 83.2 Å². The first kappa shape index (κ1) is 17.8. The Balaban J connectivity index is 2.52. The molecule has 22 heavy (non-hydrogen) atoms. The Kier molecular flexibility index (Phi) is 5.62. The van der Waals surface area contributed by atoms with Crippen LogP contribution in [0.4, 0.5) is 0 Å². The first-order valence-corrected chi connectivity index (χ1v) is 9.06. The third kappa shape index (κ3) is 3.36. The maximum Gasteiger partial charge on any atom is 0.147 e. The summed E-state index contributed by atoms with van der Waals surface area (Å²) in [6.07, 6.45) is 0. The summed E-state index contributed by atoms with van der Waals surface area (Å²) in [4.78, 5) is 0. The number of benzene rings is 2. The van der Waals surface area contributed by atoms with Gasteiger partial charge in [0.25, 0.3) is 0 Å². The van der Waals surface area contributed by atoms with Crippen molar-refractivity contribution in [3.05, 3.63) is 54.9 Å². The van der Waals surface area contributed by atoms with Crippen LogP contribution in [0.5, 0.6) is 11.5 Å². The summed E-state index contributed by atoms with van der Waals surface area (Å²) in [5.41, 5.74) is 2.22. The van der Waals surface area contributed by atoms with Crippen LogP contribution in [-0.2, 0) is 5.41 Å². The second kappa shape index (κ2) is 6.93. The normalized spacial score (nSPS) is 11.4. The average Bonchev–Trinajstić information content (AvgIpc) is 2.46. The van der Waals surface area contributed by atoms with Gasteiger partial charge in [-0.25, -0.2) is 0 Å². The zero-order valence-corrected chi connectivity index (χ0v) is 17.6. The van der Waals surface area contributed by atoms with Crippen LogP contribution in [0.25, 0.3) is 0 Å². The van der Waals surface area contributed by atoms with Gasteiger partial charge in [0, 0.05) is 5.41 Å². The minimum Gasteiger partial charge on any atom is -0.496 e. The second-order valence-electron chi connectivity index (χ2n) is 5.45. The number of hydrogen-bond donors (Lipinski definition) is 0. The molecular formula is C17H17Br3O2. The molecule has 0 saturated heterocycles. The molecule has 0 bridgehead atoms. The summed E-state index contributed by atoms with van der Waals surface area (Å²) in [5, 5.41) is 0. The van der Waals surface area contributed by atoms with Crippen molar-refractivity contribution in [2.24, 2.45) is 0 Å². The summed E-state index contributed by atoms with van der Waals surface area (Å²) in [5.74, 6) is 1.63. The molecule has 0 fully saturated rings. The average molecular weight is 493 g/mol. The molecule has 0 aromatic heterocycles. The van der Waals surface area contributed by atoms with Crippen molar-refractivity contribution in [2.75, 3.05) is 14.2 Å². The molecule has 0 aliphatic rings. The molecular weight excluding hydrogens is 476 g/mol. The van der Waals surface area contributed by atoms with Gasteiger partial charge in [-0.2, -0.15) is 0 Å². The molecule has 0 spiro atoms. The number of ether oxygens (including phenoxy) is 2. The second-order valence-corrected chi connectivity index (χ2v) is 8.01. The molecule has 2 aromatic carbocycles. The molecule has 0 radical (unpaired) electrons. The minimum absolute atomic E-state index is 0.161. The lowest BCUT2D eigenvalue weighted by Gasteiger charge is -2.27. The van der Waals surface area contributed by atoms with E-state index >= 15 is 0 Å². The van der Waals surface area contributed by atoms with E-state index in [-0.39, 0.29) is 5.41 Å². The van der Waals surface area contributed by atoms with Gasteiger partial charge in [0.2, 0.25) is 0 Å². The Labute approximate surface area is 156 Å². The summed E-state index contributed by atoms with van der Waals surface area (Å²) in [7, 11) is 3.33. The van der Waals surface area contributed by atoms with E-state index in [4.69, 9.17) is 9.47 Å². The van der Waals surface area contributed by atoms with E-state index in [2.05, 4.69) is 85.9 Å². The number of methoxy groups -OCH3 is 2. The number of hydrogen-bond acceptors (Lipinski definition) is 2. The fraction of sp³-hybridized carbons (Fsp3) is 0.294. The van der Waals surface area contributed by atoms with Gasteiger partial charge in [0.15, 0.2) is 0 Å². The van der Waals surface area contributed by atoms with E-state index in [0.717, 1.165) is 24.9 Å². The molecule has 0 atom stereocenters. The Morgan fingerprint density at radius 3 is 1.77 bits per heavy atom. The minimum atomic E-state index is -0.161. The van der Waals surface area contributed by atoms with Crippen LogP contribution in [0.2, 0.25) is 0 Å². The van der Waals surface area contributed by atoms with Crippen molar-refractivity contribution in [3.8, 4) is 11.5 Å². The van der Waals surface area contributed by atoms with Gasteiger partial charge in [0.1, 0.15) is 11.5 Å². The molecule has 2 nitrogen and oxygen atoms in total. The van der Waals surface area contributed by atoms with E-state index in [0.29, 0.717) is 0 Å². The monoisotopic (exact) mass is 490 g/mol. The van der Waals surface area contributed by atoms with Crippen LogP contribution >= 0.6 is 47.8 Å². The maximum atomic E-state index is 5.38. The molecule has 0 saturated carbocycles. The van der Waals surface area contributed by atoms with Gasteiger partial charge in [-0.15, -0.1) is 0 Å². The molecule has 0 unspecified atom stereocenters. The Morgan fingerprint density at radius 2 is 1.32 bits per heavy atom. The van der Waals surface area contributed by atoms with Gasteiger partial charge < -0.3 is 9.47 Å². The van der Waals surface area contributed by atoms with E-state index in [1.165, 1.54) is 11.1 Å². The Morgan fingerprint density at radius 1 is 0.773 bits per heavy atom. The van der Waals surface area contributed by atoms with Gasteiger partial charge in [0.05, 0.1) is 27.6 Å². The fourth-order valence-corrected chi connectivity index (χ4v) is 4.39. The maximum absolute atomic E-state index is 5.38.